The van der Waals surface area contributed by atoms with Crippen molar-refractivity contribution in [2.24, 2.45) is 0 Å². The lowest BCUT2D eigenvalue weighted by molar-refractivity contribution is -0.117. The number of anilines is 1. The third-order valence-corrected chi connectivity index (χ3v) is 5.44. The quantitative estimate of drug-likeness (QED) is 0.798. The van der Waals surface area contributed by atoms with Crippen molar-refractivity contribution in [3.05, 3.63) is 53.6 Å². The third-order valence-electron chi connectivity index (χ3n) is 4.19. The van der Waals surface area contributed by atoms with Crippen molar-refractivity contribution in [1.29, 1.82) is 0 Å². The van der Waals surface area contributed by atoms with Crippen LogP contribution in [-0.4, -0.2) is 20.9 Å². The van der Waals surface area contributed by atoms with Gasteiger partial charge in [-0.05, 0) is 67.8 Å². The zero-order chi connectivity index (χ0) is 17.3. The van der Waals surface area contributed by atoms with E-state index in [1.54, 1.807) is 41.3 Å². The van der Waals surface area contributed by atoms with Crippen molar-refractivity contribution in [1.82, 2.24) is 0 Å². The number of carbonyl (C=O) groups is 1. The molecule has 0 bridgehead atoms. The van der Waals surface area contributed by atoms with Gasteiger partial charge >= 0.3 is 10.1 Å². The zero-order valence-corrected chi connectivity index (χ0v) is 14.5. The van der Waals surface area contributed by atoms with Crippen LogP contribution in [0.3, 0.4) is 0 Å². The number of rotatable bonds is 4. The number of hydrogen-bond acceptors (Lipinski definition) is 4. The summed E-state index contributed by atoms with van der Waals surface area (Å²) in [6, 6.07) is 11.4. The number of amides is 1. The SMILES string of the molecule is Cc1ccc(S(=O)(=O)Oc2ccc(N3CCCC3=O)cc2)cc1C. The van der Waals surface area contributed by atoms with Crippen LogP contribution in [0.4, 0.5) is 5.69 Å². The van der Waals surface area contributed by atoms with E-state index in [9.17, 15) is 13.2 Å². The van der Waals surface area contributed by atoms with E-state index < -0.39 is 10.1 Å². The topological polar surface area (TPSA) is 63.7 Å². The Morgan fingerprint density at radius 2 is 1.71 bits per heavy atom. The Morgan fingerprint density at radius 3 is 2.29 bits per heavy atom. The Kier molecular flexibility index (Phi) is 4.32. The van der Waals surface area contributed by atoms with Gasteiger partial charge in [-0.25, -0.2) is 0 Å². The summed E-state index contributed by atoms with van der Waals surface area (Å²) in [6.07, 6.45) is 1.40. The molecule has 2 aromatic carbocycles. The second kappa shape index (κ2) is 6.28. The molecular formula is C18H19NO4S. The van der Waals surface area contributed by atoms with Crippen molar-refractivity contribution in [2.45, 2.75) is 31.6 Å². The average Bonchev–Trinajstić information content (AvgIpc) is 2.96. The number of benzene rings is 2. The Bertz CT molecular complexity index is 872. The molecule has 1 saturated heterocycles. The van der Waals surface area contributed by atoms with Crippen LogP contribution in [0.5, 0.6) is 5.75 Å². The van der Waals surface area contributed by atoms with Crippen LogP contribution >= 0.6 is 0 Å². The first-order valence-electron chi connectivity index (χ1n) is 7.79. The van der Waals surface area contributed by atoms with Gasteiger partial charge in [-0.2, -0.15) is 8.42 Å². The van der Waals surface area contributed by atoms with Crippen molar-refractivity contribution in [3.63, 3.8) is 0 Å². The van der Waals surface area contributed by atoms with Gasteiger partial charge < -0.3 is 9.08 Å². The van der Waals surface area contributed by atoms with Gasteiger partial charge in [0.15, 0.2) is 0 Å². The van der Waals surface area contributed by atoms with Crippen LogP contribution in [0.1, 0.15) is 24.0 Å². The summed E-state index contributed by atoms with van der Waals surface area (Å²) in [4.78, 5) is 13.6. The van der Waals surface area contributed by atoms with Crippen molar-refractivity contribution in [3.8, 4) is 5.75 Å². The fourth-order valence-corrected chi connectivity index (χ4v) is 3.66. The van der Waals surface area contributed by atoms with Crippen LogP contribution in [0.25, 0.3) is 0 Å². The van der Waals surface area contributed by atoms with Crippen LogP contribution in [0.15, 0.2) is 47.4 Å². The maximum Gasteiger partial charge on any atom is 0.339 e. The molecule has 0 atom stereocenters. The molecule has 6 heteroatoms. The Hall–Kier alpha value is -2.34. The van der Waals surface area contributed by atoms with Crippen molar-refractivity contribution >= 4 is 21.7 Å². The van der Waals surface area contributed by atoms with Crippen molar-refractivity contribution in [2.75, 3.05) is 11.4 Å². The summed E-state index contributed by atoms with van der Waals surface area (Å²) in [5.41, 5.74) is 2.67. The second-order valence-electron chi connectivity index (χ2n) is 5.93. The summed E-state index contributed by atoms with van der Waals surface area (Å²) in [6.45, 7) is 4.47. The molecule has 5 nitrogen and oxygen atoms in total. The van der Waals surface area contributed by atoms with E-state index in [0.29, 0.717) is 13.0 Å². The lowest BCUT2D eigenvalue weighted by Gasteiger charge is -2.16. The average molecular weight is 345 g/mol. The molecule has 0 aromatic heterocycles. The monoisotopic (exact) mass is 345 g/mol. The van der Waals surface area contributed by atoms with Gasteiger partial charge in [0.1, 0.15) is 10.6 Å². The van der Waals surface area contributed by atoms with E-state index in [0.717, 1.165) is 23.2 Å². The molecule has 1 fully saturated rings. The van der Waals surface area contributed by atoms with E-state index in [1.807, 2.05) is 13.8 Å². The molecule has 126 valence electrons. The molecule has 24 heavy (non-hydrogen) atoms. The molecule has 1 heterocycles. The van der Waals surface area contributed by atoms with Gasteiger partial charge in [0.05, 0.1) is 0 Å². The first-order valence-corrected chi connectivity index (χ1v) is 9.20. The molecule has 0 radical (unpaired) electrons. The van der Waals surface area contributed by atoms with Gasteiger partial charge in [0, 0.05) is 18.7 Å². The summed E-state index contributed by atoms with van der Waals surface area (Å²) < 4.78 is 29.9. The number of nitrogens with zero attached hydrogens (tertiary/aromatic N) is 1. The zero-order valence-electron chi connectivity index (χ0n) is 13.7. The second-order valence-corrected chi connectivity index (χ2v) is 7.47. The molecule has 0 N–H and O–H groups in total. The fraction of sp³-hybridized carbons (Fsp3) is 0.278. The molecule has 3 rings (SSSR count). The Labute approximate surface area is 142 Å². The molecule has 1 aliphatic rings. The predicted octanol–water partition coefficient (Wildman–Crippen LogP) is 3.20. The summed E-state index contributed by atoms with van der Waals surface area (Å²) in [7, 11) is -3.88. The molecule has 0 aliphatic carbocycles. The standard InChI is InChI=1S/C18H19NO4S/c1-13-5-10-17(12-14(13)2)24(21,22)23-16-8-6-15(7-9-16)19-11-3-4-18(19)20/h5-10,12H,3-4,11H2,1-2H3. The molecule has 0 unspecified atom stereocenters. The molecular weight excluding hydrogens is 326 g/mol. The molecule has 1 aliphatic heterocycles. The summed E-state index contributed by atoms with van der Waals surface area (Å²) >= 11 is 0. The van der Waals surface area contributed by atoms with Gasteiger partial charge in [-0.1, -0.05) is 6.07 Å². The largest absolute Gasteiger partial charge is 0.379 e. The molecule has 2 aromatic rings. The van der Waals surface area contributed by atoms with E-state index in [-0.39, 0.29) is 16.6 Å². The van der Waals surface area contributed by atoms with E-state index in [1.165, 1.54) is 6.07 Å². The first kappa shape index (κ1) is 16.5. The first-order chi connectivity index (χ1) is 11.4. The summed E-state index contributed by atoms with van der Waals surface area (Å²) in [5, 5.41) is 0. The lowest BCUT2D eigenvalue weighted by Crippen LogP contribution is -2.23. The third kappa shape index (κ3) is 3.28. The number of hydrogen-bond donors (Lipinski definition) is 0. The Morgan fingerprint density at radius 1 is 1.00 bits per heavy atom. The lowest BCUT2D eigenvalue weighted by atomic mass is 10.1. The highest BCUT2D eigenvalue weighted by Gasteiger charge is 2.22. The van der Waals surface area contributed by atoms with Crippen LogP contribution in [0.2, 0.25) is 0 Å². The van der Waals surface area contributed by atoms with E-state index in [2.05, 4.69) is 0 Å². The smallest absolute Gasteiger partial charge is 0.339 e. The Balaban J connectivity index is 1.80. The van der Waals surface area contributed by atoms with Gasteiger partial charge in [-0.3, -0.25) is 4.79 Å². The minimum Gasteiger partial charge on any atom is -0.379 e. The predicted molar refractivity (Wildman–Crippen MR) is 91.8 cm³/mol. The minimum absolute atomic E-state index is 0.0893. The summed E-state index contributed by atoms with van der Waals surface area (Å²) in [5.74, 6) is 0.315. The maximum absolute atomic E-state index is 12.4. The highest BCUT2D eigenvalue weighted by atomic mass is 32.2. The van der Waals surface area contributed by atoms with Gasteiger partial charge in [0.25, 0.3) is 0 Å². The molecule has 1 amide bonds. The maximum atomic E-state index is 12.4. The minimum atomic E-state index is -3.88. The fourth-order valence-electron chi connectivity index (χ4n) is 2.65. The van der Waals surface area contributed by atoms with E-state index in [4.69, 9.17) is 4.18 Å². The van der Waals surface area contributed by atoms with Gasteiger partial charge in [-0.15, -0.1) is 0 Å². The highest BCUT2D eigenvalue weighted by molar-refractivity contribution is 7.87. The van der Waals surface area contributed by atoms with Gasteiger partial charge in [0.2, 0.25) is 5.91 Å². The highest BCUT2D eigenvalue weighted by Crippen LogP contribution is 2.26. The van der Waals surface area contributed by atoms with Crippen LogP contribution in [0, 0.1) is 13.8 Å². The van der Waals surface area contributed by atoms with Crippen LogP contribution < -0.4 is 9.08 Å². The number of aryl methyl sites for hydroxylation is 2. The van der Waals surface area contributed by atoms with Crippen molar-refractivity contribution < 1.29 is 17.4 Å². The number of carbonyl (C=O) groups excluding carboxylic acids is 1. The normalized spacial score (nSPS) is 14.9. The molecule has 0 saturated carbocycles. The van der Waals surface area contributed by atoms with Crippen LogP contribution in [-0.2, 0) is 14.9 Å². The molecule has 0 spiro atoms. The van der Waals surface area contributed by atoms with E-state index >= 15 is 0 Å².